The van der Waals surface area contributed by atoms with Gasteiger partial charge in [-0.2, -0.15) is 0 Å². The summed E-state index contributed by atoms with van der Waals surface area (Å²) in [5.74, 6) is -0.267. The zero-order valence-electron chi connectivity index (χ0n) is 15.2. The summed E-state index contributed by atoms with van der Waals surface area (Å²) in [5, 5.41) is 17.3. The van der Waals surface area contributed by atoms with Gasteiger partial charge in [-0.3, -0.25) is 14.9 Å². The Morgan fingerprint density at radius 3 is 2.52 bits per heavy atom. The maximum Gasteiger partial charge on any atom is 0.293 e. The number of hydrogen-bond donors (Lipinski definition) is 2. The Morgan fingerprint density at radius 1 is 1.19 bits per heavy atom. The molecule has 27 heavy (non-hydrogen) atoms. The average Bonchev–Trinajstić information content (AvgIpc) is 3.49. The van der Waals surface area contributed by atoms with Crippen LogP contribution in [-0.4, -0.2) is 23.5 Å². The molecule has 1 aliphatic rings. The first-order valence-electron chi connectivity index (χ1n) is 9.05. The smallest absolute Gasteiger partial charge is 0.293 e. The Balaban J connectivity index is 1.66. The van der Waals surface area contributed by atoms with Crippen molar-refractivity contribution >= 4 is 17.3 Å². The third-order valence-corrected chi connectivity index (χ3v) is 4.35. The summed E-state index contributed by atoms with van der Waals surface area (Å²) in [7, 11) is 0. The van der Waals surface area contributed by atoms with Crippen LogP contribution < -0.4 is 10.6 Å². The van der Waals surface area contributed by atoms with Crippen molar-refractivity contribution in [3.8, 4) is 0 Å². The van der Waals surface area contributed by atoms with Crippen molar-refractivity contribution in [1.29, 1.82) is 0 Å². The number of nitrogens with one attached hydrogen (secondary N) is 2. The molecule has 1 aliphatic carbocycles. The first-order valence-corrected chi connectivity index (χ1v) is 9.05. The van der Waals surface area contributed by atoms with Gasteiger partial charge in [0.05, 0.1) is 11.5 Å². The molecule has 0 radical (unpaired) electrons. The van der Waals surface area contributed by atoms with Gasteiger partial charge in [0.25, 0.3) is 11.6 Å². The number of rotatable bonds is 9. The molecule has 0 aliphatic heterocycles. The molecule has 1 saturated carbocycles. The van der Waals surface area contributed by atoms with E-state index in [0.29, 0.717) is 31.0 Å². The number of nitro groups is 1. The molecule has 0 heterocycles. The Morgan fingerprint density at radius 2 is 1.89 bits per heavy atom. The summed E-state index contributed by atoms with van der Waals surface area (Å²) in [6.07, 6.45) is 1.94. The number of carbonyl (C=O) groups is 1. The molecule has 7 nitrogen and oxygen atoms in total. The second kappa shape index (κ2) is 8.64. The molecule has 1 amide bonds. The predicted molar refractivity (Wildman–Crippen MR) is 103 cm³/mol. The normalized spacial score (nSPS) is 13.2. The summed E-state index contributed by atoms with van der Waals surface area (Å²) >= 11 is 0. The first kappa shape index (κ1) is 18.8. The van der Waals surface area contributed by atoms with Gasteiger partial charge in [0.2, 0.25) is 0 Å². The molecule has 2 N–H and O–H groups in total. The van der Waals surface area contributed by atoms with Crippen LogP contribution in [0.2, 0.25) is 0 Å². The molecule has 1 fully saturated rings. The first-order chi connectivity index (χ1) is 13.1. The summed E-state index contributed by atoms with van der Waals surface area (Å²) < 4.78 is 5.37. The van der Waals surface area contributed by atoms with E-state index in [1.165, 1.54) is 6.07 Å². The third-order valence-electron chi connectivity index (χ3n) is 4.35. The third kappa shape index (κ3) is 5.27. The van der Waals surface area contributed by atoms with Gasteiger partial charge < -0.3 is 15.4 Å². The second-order valence-corrected chi connectivity index (χ2v) is 6.54. The van der Waals surface area contributed by atoms with E-state index >= 15 is 0 Å². The van der Waals surface area contributed by atoms with Crippen LogP contribution >= 0.6 is 0 Å². The van der Waals surface area contributed by atoms with Crippen molar-refractivity contribution in [2.45, 2.75) is 39.0 Å². The number of benzene rings is 2. The Labute approximate surface area is 157 Å². The van der Waals surface area contributed by atoms with Gasteiger partial charge in [0, 0.05) is 30.8 Å². The topological polar surface area (TPSA) is 93.5 Å². The fourth-order valence-electron chi connectivity index (χ4n) is 2.64. The van der Waals surface area contributed by atoms with Crippen molar-refractivity contribution < 1.29 is 14.5 Å². The highest BCUT2D eigenvalue weighted by Crippen LogP contribution is 2.27. The molecule has 142 valence electrons. The highest BCUT2D eigenvalue weighted by molar-refractivity contribution is 5.96. The van der Waals surface area contributed by atoms with Crippen molar-refractivity contribution in [3.63, 3.8) is 0 Å². The lowest BCUT2D eigenvalue weighted by atomic mass is 10.1. The predicted octanol–water partition coefficient (Wildman–Crippen LogP) is 3.64. The quantitative estimate of drug-likeness (QED) is 0.520. The fraction of sp³-hybridized carbons (Fsp3) is 0.350. The Hall–Kier alpha value is -2.93. The van der Waals surface area contributed by atoms with Gasteiger partial charge >= 0.3 is 0 Å². The molecule has 7 heteroatoms. The van der Waals surface area contributed by atoms with E-state index in [1.807, 2.05) is 31.2 Å². The van der Waals surface area contributed by atoms with Crippen molar-refractivity contribution in [2.75, 3.05) is 11.9 Å². The van der Waals surface area contributed by atoms with Crippen LogP contribution in [0.15, 0.2) is 42.5 Å². The number of nitrogens with zero attached hydrogens (tertiary/aromatic N) is 1. The molecule has 0 atom stereocenters. The lowest BCUT2D eigenvalue weighted by Crippen LogP contribution is -2.25. The van der Waals surface area contributed by atoms with Crippen LogP contribution in [0.25, 0.3) is 0 Å². The number of hydrogen-bond acceptors (Lipinski definition) is 5. The summed E-state index contributed by atoms with van der Waals surface area (Å²) in [5.41, 5.74) is 2.67. The highest BCUT2D eigenvalue weighted by Gasteiger charge is 2.25. The fourth-order valence-corrected chi connectivity index (χ4v) is 2.64. The molecule has 0 bridgehead atoms. The molecule has 2 aromatic rings. The van der Waals surface area contributed by atoms with Crippen LogP contribution in [0.5, 0.6) is 0 Å². The molecule has 0 aromatic heterocycles. The minimum atomic E-state index is -0.471. The molecular formula is C20H23N3O4. The van der Waals surface area contributed by atoms with Gasteiger partial charge in [-0.25, -0.2) is 0 Å². The molecule has 0 saturated heterocycles. The number of anilines is 1. The van der Waals surface area contributed by atoms with Crippen molar-refractivity contribution in [2.24, 2.45) is 0 Å². The van der Waals surface area contributed by atoms with E-state index in [9.17, 15) is 14.9 Å². The van der Waals surface area contributed by atoms with E-state index in [0.717, 1.165) is 24.0 Å². The maximum absolute atomic E-state index is 12.1. The van der Waals surface area contributed by atoms with Gasteiger partial charge in [0.1, 0.15) is 5.69 Å². The molecule has 2 aromatic carbocycles. The lowest BCUT2D eigenvalue weighted by molar-refractivity contribution is -0.384. The summed E-state index contributed by atoms with van der Waals surface area (Å²) in [6.45, 7) is 3.64. The lowest BCUT2D eigenvalue weighted by Gasteiger charge is -2.10. The van der Waals surface area contributed by atoms with Crippen molar-refractivity contribution in [1.82, 2.24) is 5.32 Å². The van der Waals surface area contributed by atoms with E-state index in [2.05, 4.69) is 10.6 Å². The minimum Gasteiger partial charge on any atom is -0.377 e. The largest absolute Gasteiger partial charge is 0.377 e. The SMILES string of the molecule is CCOCc1ccc(CNc2ccc(C(=O)NC3CC3)cc2[N+](=O)[O-])cc1. The zero-order chi connectivity index (χ0) is 19.2. The number of ether oxygens (including phenoxy) is 1. The molecule has 0 spiro atoms. The van der Waals surface area contributed by atoms with E-state index in [4.69, 9.17) is 4.74 Å². The Kier molecular flexibility index (Phi) is 6.03. The number of carbonyl (C=O) groups excluding carboxylic acids is 1. The second-order valence-electron chi connectivity index (χ2n) is 6.54. The zero-order valence-corrected chi connectivity index (χ0v) is 15.2. The standard InChI is InChI=1S/C20H23N3O4/c1-2-27-13-15-5-3-14(4-6-15)12-21-18-10-7-16(11-19(18)23(25)26)20(24)22-17-8-9-17/h3-7,10-11,17,21H,2,8-9,12-13H2,1H3,(H,22,24). The van der Waals surface area contributed by atoms with Crippen LogP contribution in [0.4, 0.5) is 11.4 Å². The van der Waals surface area contributed by atoms with Gasteiger partial charge in [-0.1, -0.05) is 24.3 Å². The summed E-state index contributed by atoms with van der Waals surface area (Å²) in [4.78, 5) is 23.0. The average molecular weight is 369 g/mol. The molecular weight excluding hydrogens is 346 g/mol. The van der Waals surface area contributed by atoms with Crippen molar-refractivity contribution in [3.05, 3.63) is 69.3 Å². The van der Waals surface area contributed by atoms with Crippen LogP contribution in [0, 0.1) is 10.1 Å². The van der Waals surface area contributed by atoms with E-state index in [1.54, 1.807) is 12.1 Å². The minimum absolute atomic E-state index is 0.105. The monoisotopic (exact) mass is 369 g/mol. The molecule has 0 unspecified atom stereocenters. The van der Waals surface area contributed by atoms with E-state index in [-0.39, 0.29) is 17.6 Å². The van der Waals surface area contributed by atoms with Gasteiger partial charge in [-0.05, 0) is 43.0 Å². The molecule has 3 rings (SSSR count). The van der Waals surface area contributed by atoms with Crippen LogP contribution in [-0.2, 0) is 17.9 Å². The number of nitro benzene ring substituents is 1. The Bertz CT molecular complexity index is 816. The highest BCUT2D eigenvalue weighted by atomic mass is 16.6. The van der Waals surface area contributed by atoms with Gasteiger partial charge in [0.15, 0.2) is 0 Å². The summed E-state index contributed by atoms with van der Waals surface area (Å²) in [6, 6.07) is 12.6. The van der Waals surface area contributed by atoms with E-state index < -0.39 is 4.92 Å². The number of amides is 1. The van der Waals surface area contributed by atoms with Crippen LogP contribution in [0.3, 0.4) is 0 Å². The maximum atomic E-state index is 12.1. The van der Waals surface area contributed by atoms with Crippen LogP contribution in [0.1, 0.15) is 41.3 Å². The van der Waals surface area contributed by atoms with Gasteiger partial charge in [-0.15, -0.1) is 0 Å².